The van der Waals surface area contributed by atoms with Crippen molar-refractivity contribution in [3.63, 3.8) is 0 Å². The fourth-order valence-corrected chi connectivity index (χ4v) is 3.73. The Morgan fingerprint density at radius 3 is 2.28 bits per heavy atom. The zero-order chi connectivity index (χ0) is 18.4. The molecule has 2 aromatic carbocycles. The maximum Gasteiger partial charge on any atom is 0.213 e. The third kappa shape index (κ3) is 3.01. The molecule has 0 aromatic heterocycles. The standard InChI is InChI=1S/C18H10Cl4O3/c19-13-14(20)16(22)18(25,17(24)15(13)21)8-12(23)11-7-3-5-9-4-1-2-6-10(9)11/h1-7,25H,8H2. The number of Topliss-reactive ketones (excluding diaryl/α,β-unsaturated/α-hetero) is 2. The van der Waals surface area contributed by atoms with E-state index in [0.717, 1.165) is 5.39 Å². The van der Waals surface area contributed by atoms with Gasteiger partial charge in [0.2, 0.25) is 5.78 Å². The summed E-state index contributed by atoms with van der Waals surface area (Å²) in [6.45, 7) is 0. The van der Waals surface area contributed by atoms with Crippen LogP contribution in [0.5, 0.6) is 0 Å². The Morgan fingerprint density at radius 2 is 1.56 bits per heavy atom. The van der Waals surface area contributed by atoms with Gasteiger partial charge in [-0.25, -0.2) is 0 Å². The van der Waals surface area contributed by atoms with Crippen molar-refractivity contribution < 1.29 is 14.7 Å². The molecule has 1 aliphatic carbocycles. The van der Waals surface area contributed by atoms with E-state index in [4.69, 9.17) is 46.4 Å². The summed E-state index contributed by atoms with van der Waals surface area (Å²) in [6.07, 6.45) is -0.602. The lowest BCUT2D eigenvalue weighted by Gasteiger charge is -2.29. The van der Waals surface area contributed by atoms with Crippen molar-refractivity contribution in [2.24, 2.45) is 0 Å². The van der Waals surface area contributed by atoms with Crippen molar-refractivity contribution in [1.29, 1.82) is 0 Å². The van der Waals surface area contributed by atoms with Crippen LogP contribution in [-0.2, 0) is 4.79 Å². The van der Waals surface area contributed by atoms with Gasteiger partial charge in [0, 0.05) is 5.56 Å². The number of halogens is 4. The highest BCUT2D eigenvalue weighted by Crippen LogP contribution is 2.44. The quantitative estimate of drug-likeness (QED) is 0.709. The molecule has 1 atom stereocenters. The van der Waals surface area contributed by atoms with Gasteiger partial charge in [-0.15, -0.1) is 0 Å². The second-order valence-electron chi connectivity index (χ2n) is 5.57. The molecule has 3 rings (SSSR count). The molecule has 0 amide bonds. The predicted molar refractivity (Wildman–Crippen MR) is 100 cm³/mol. The maximum absolute atomic E-state index is 12.8. The first-order valence-electron chi connectivity index (χ1n) is 7.17. The van der Waals surface area contributed by atoms with Crippen LogP contribution in [0.15, 0.2) is 62.6 Å². The molecule has 1 aliphatic rings. The highest BCUT2D eigenvalue weighted by Gasteiger charge is 2.48. The topological polar surface area (TPSA) is 54.4 Å². The number of fused-ring (bicyclic) bond motifs is 1. The van der Waals surface area contributed by atoms with Crippen LogP contribution in [0.1, 0.15) is 16.8 Å². The molecule has 1 unspecified atom stereocenters. The van der Waals surface area contributed by atoms with E-state index in [-0.39, 0.29) is 10.1 Å². The van der Waals surface area contributed by atoms with Crippen molar-refractivity contribution in [2.75, 3.05) is 0 Å². The molecule has 0 aliphatic heterocycles. The molecule has 0 radical (unpaired) electrons. The van der Waals surface area contributed by atoms with Crippen LogP contribution in [0.3, 0.4) is 0 Å². The van der Waals surface area contributed by atoms with Gasteiger partial charge in [0.1, 0.15) is 5.03 Å². The lowest BCUT2D eigenvalue weighted by molar-refractivity contribution is -0.128. The Balaban J connectivity index is 2.04. The third-order valence-corrected chi connectivity index (χ3v) is 5.93. The van der Waals surface area contributed by atoms with Crippen molar-refractivity contribution >= 4 is 68.7 Å². The molecule has 0 heterocycles. The molecule has 25 heavy (non-hydrogen) atoms. The van der Waals surface area contributed by atoms with Gasteiger partial charge in [-0.1, -0.05) is 88.9 Å². The van der Waals surface area contributed by atoms with E-state index >= 15 is 0 Å². The first-order chi connectivity index (χ1) is 11.8. The van der Waals surface area contributed by atoms with Crippen LogP contribution in [0.25, 0.3) is 10.8 Å². The highest BCUT2D eigenvalue weighted by atomic mass is 35.5. The Bertz CT molecular complexity index is 972. The zero-order valence-electron chi connectivity index (χ0n) is 12.5. The van der Waals surface area contributed by atoms with E-state index in [9.17, 15) is 14.7 Å². The van der Waals surface area contributed by atoms with Crippen LogP contribution >= 0.6 is 46.4 Å². The van der Waals surface area contributed by atoms with E-state index < -0.39 is 33.7 Å². The third-order valence-electron chi connectivity index (χ3n) is 4.02. The molecule has 3 nitrogen and oxygen atoms in total. The van der Waals surface area contributed by atoms with Gasteiger partial charge < -0.3 is 5.11 Å². The number of hydrogen-bond donors (Lipinski definition) is 1. The number of allylic oxidation sites excluding steroid dienone is 2. The Hall–Kier alpha value is -1.36. The van der Waals surface area contributed by atoms with Gasteiger partial charge in [0.05, 0.1) is 21.5 Å². The smallest absolute Gasteiger partial charge is 0.213 e. The van der Waals surface area contributed by atoms with Crippen LogP contribution in [0.2, 0.25) is 0 Å². The van der Waals surface area contributed by atoms with Crippen molar-refractivity contribution in [1.82, 2.24) is 0 Å². The first-order valence-corrected chi connectivity index (χ1v) is 8.68. The number of ketones is 2. The van der Waals surface area contributed by atoms with E-state index in [0.29, 0.717) is 10.9 Å². The van der Waals surface area contributed by atoms with E-state index in [1.54, 1.807) is 24.3 Å². The maximum atomic E-state index is 12.8. The number of carbonyl (C=O) groups is 2. The van der Waals surface area contributed by atoms with Gasteiger partial charge in [-0.3, -0.25) is 9.59 Å². The molecule has 0 saturated heterocycles. The lowest BCUT2D eigenvalue weighted by Crippen LogP contribution is -2.44. The molecule has 1 N–H and O–H groups in total. The molecular formula is C18H10Cl4O3. The van der Waals surface area contributed by atoms with Crippen LogP contribution in [0, 0.1) is 0 Å². The van der Waals surface area contributed by atoms with Crippen molar-refractivity contribution in [3.8, 4) is 0 Å². The van der Waals surface area contributed by atoms with Gasteiger partial charge in [-0.05, 0) is 10.8 Å². The van der Waals surface area contributed by atoms with Gasteiger partial charge in [-0.2, -0.15) is 0 Å². The Morgan fingerprint density at radius 1 is 0.920 bits per heavy atom. The normalized spacial score (nSPS) is 21.2. The van der Waals surface area contributed by atoms with Gasteiger partial charge >= 0.3 is 0 Å². The molecular weight excluding hydrogens is 406 g/mol. The highest BCUT2D eigenvalue weighted by molar-refractivity contribution is 6.58. The summed E-state index contributed by atoms with van der Waals surface area (Å²) in [7, 11) is 0. The Kier molecular flexibility index (Phi) is 4.97. The van der Waals surface area contributed by atoms with E-state index in [1.807, 2.05) is 18.2 Å². The molecule has 0 bridgehead atoms. The van der Waals surface area contributed by atoms with Gasteiger partial charge in [0.25, 0.3) is 0 Å². The van der Waals surface area contributed by atoms with Crippen LogP contribution in [-0.4, -0.2) is 22.3 Å². The van der Waals surface area contributed by atoms with Gasteiger partial charge in [0.15, 0.2) is 11.4 Å². The molecule has 0 saturated carbocycles. The fraction of sp³-hybridized carbons (Fsp3) is 0.111. The largest absolute Gasteiger partial charge is 0.375 e. The molecule has 0 spiro atoms. The summed E-state index contributed by atoms with van der Waals surface area (Å²) in [4.78, 5) is 25.2. The molecule has 2 aromatic rings. The summed E-state index contributed by atoms with van der Waals surface area (Å²) in [6, 6.07) is 12.5. The Labute approximate surface area is 163 Å². The monoisotopic (exact) mass is 414 g/mol. The predicted octanol–water partition coefficient (Wildman–Crippen LogP) is 5.10. The summed E-state index contributed by atoms with van der Waals surface area (Å²) < 4.78 is 0. The summed E-state index contributed by atoms with van der Waals surface area (Å²) >= 11 is 23.6. The number of carbonyl (C=O) groups excluding carboxylic acids is 2. The zero-order valence-corrected chi connectivity index (χ0v) is 15.5. The van der Waals surface area contributed by atoms with Crippen molar-refractivity contribution in [3.05, 3.63) is 68.2 Å². The second-order valence-corrected chi connectivity index (χ2v) is 7.08. The van der Waals surface area contributed by atoms with E-state index in [2.05, 4.69) is 0 Å². The number of hydrogen-bond acceptors (Lipinski definition) is 3. The average molecular weight is 416 g/mol. The number of benzene rings is 2. The number of aliphatic hydroxyl groups is 1. The summed E-state index contributed by atoms with van der Waals surface area (Å²) in [5.41, 5.74) is -1.99. The van der Waals surface area contributed by atoms with Crippen molar-refractivity contribution in [2.45, 2.75) is 12.0 Å². The van der Waals surface area contributed by atoms with Crippen LogP contribution in [0.4, 0.5) is 0 Å². The minimum absolute atomic E-state index is 0.249. The number of rotatable bonds is 3. The minimum Gasteiger partial charge on any atom is -0.375 e. The molecule has 7 heteroatoms. The fourth-order valence-electron chi connectivity index (χ4n) is 2.71. The summed E-state index contributed by atoms with van der Waals surface area (Å²) in [5, 5.41) is 10.9. The SMILES string of the molecule is O=C(CC1(O)C(=O)C(Cl)=C(Cl)C(Cl)=C1Cl)c1cccc2ccccc12. The average Bonchev–Trinajstić information content (AvgIpc) is 2.63. The summed E-state index contributed by atoms with van der Waals surface area (Å²) in [5.74, 6) is -1.43. The second kappa shape index (κ2) is 6.75. The van der Waals surface area contributed by atoms with E-state index in [1.165, 1.54) is 0 Å². The molecule has 0 fully saturated rings. The lowest BCUT2D eigenvalue weighted by atomic mass is 9.85. The van der Waals surface area contributed by atoms with Crippen LogP contribution < -0.4 is 0 Å². The first kappa shape index (κ1) is 18.4. The molecule has 128 valence electrons. The minimum atomic E-state index is -2.35.